The van der Waals surface area contributed by atoms with Crippen molar-refractivity contribution in [3.8, 4) is 22.6 Å². The van der Waals surface area contributed by atoms with Crippen LogP contribution in [0.15, 0.2) is 36.5 Å². The van der Waals surface area contributed by atoms with E-state index in [9.17, 15) is 0 Å². The second kappa shape index (κ2) is 4.95. The first-order valence-electron chi connectivity index (χ1n) is 8.07. The normalized spacial score (nSPS) is 15.7. The fraction of sp³-hybridized carbons (Fsp3) is 0.263. The highest BCUT2D eigenvalue weighted by Crippen LogP contribution is 2.40. The number of ether oxygens (including phenoxy) is 2. The number of pyridine rings is 2. The molecule has 0 bridgehead atoms. The second-order valence-corrected chi connectivity index (χ2v) is 6.06. The third-order valence-electron chi connectivity index (χ3n) is 4.68. The van der Waals surface area contributed by atoms with Gasteiger partial charge in [-0.05, 0) is 61.1 Å². The fourth-order valence-corrected chi connectivity index (χ4v) is 3.61. The van der Waals surface area contributed by atoms with Gasteiger partial charge >= 0.3 is 0 Å². The van der Waals surface area contributed by atoms with E-state index < -0.39 is 0 Å². The molecule has 1 aliphatic carbocycles. The highest BCUT2D eigenvalue weighted by Gasteiger charge is 2.22. The van der Waals surface area contributed by atoms with Crippen molar-refractivity contribution in [3.05, 3.63) is 47.8 Å². The second-order valence-electron chi connectivity index (χ2n) is 6.06. The molecule has 1 aliphatic heterocycles. The maximum atomic E-state index is 5.56. The summed E-state index contributed by atoms with van der Waals surface area (Å²) in [6.45, 7) is 0.298. The lowest BCUT2D eigenvalue weighted by atomic mass is 9.88. The predicted molar refractivity (Wildman–Crippen MR) is 87.7 cm³/mol. The maximum absolute atomic E-state index is 5.56. The minimum absolute atomic E-state index is 0.298. The quantitative estimate of drug-likeness (QED) is 0.684. The molecule has 0 atom stereocenters. The van der Waals surface area contributed by atoms with Gasteiger partial charge in [0.05, 0.1) is 11.0 Å². The number of hydrogen-bond donors (Lipinski definition) is 0. The van der Waals surface area contributed by atoms with Crippen LogP contribution in [0.25, 0.3) is 22.2 Å². The summed E-state index contributed by atoms with van der Waals surface area (Å²) >= 11 is 0. The SMILES string of the molecule is c1cnc2c(-c3ccc4c(c3)OCO4)c3c(nc2c1)CCCC3. The van der Waals surface area contributed by atoms with Crippen LogP contribution in [-0.4, -0.2) is 16.8 Å². The number of aryl methyl sites for hydroxylation is 1. The molecule has 0 fully saturated rings. The van der Waals surface area contributed by atoms with E-state index in [0.717, 1.165) is 40.9 Å². The molecule has 2 aromatic heterocycles. The van der Waals surface area contributed by atoms with E-state index in [1.165, 1.54) is 29.7 Å². The molecule has 23 heavy (non-hydrogen) atoms. The summed E-state index contributed by atoms with van der Waals surface area (Å²) in [7, 11) is 0. The van der Waals surface area contributed by atoms with Crippen molar-refractivity contribution < 1.29 is 9.47 Å². The number of benzene rings is 1. The summed E-state index contributed by atoms with van der Waals surface area (Å²) < 4.78 is 11.0. The van der Waals surface area contributed by atoms with Crippen LogP contribution in [0, 0.1) is 0 Å². The molecule has 5 rings (SSSR count). The Bertz CT molecular complexity index is 921. The molecule has 0 amide bonds. The van der Waals surface area contributed by atoms with E-state index in [2.05, 4.69) is 17.1 Å². The molecule has 3 heterocycles. The summed E-state index contributed by atoms with van der Waals surface area (Å²) in [5.41, 5.74) is 6.88. The van der Waals surface area contributed by atoms with Crippen LogP contribution in [0.4, 0.5) is 0 Å². The van der Waals surface area contributed by atoms with E-state index in [1.54, 1.807) is 0 Å². The molecule has 0 spiro atoms. The zero-order valence-corrected chi connectivity index (χ0v) is 12.7. The van der Waals surface area contributed by atoms with Gasteiger partial charge in [-0.1, -0.05) is 6.07 Å². The molecule has 0 unspecified atom stereocenters. The molecule has 3 aromatic rings. The molecule has 2 aliphatic rings. The zero-order valence-electron chi connectivity index (χ0n) is 12.7. The number of hydrogen-bond acceptors (Lipinski definition) is 4. The van der Waals surface area contributed by atoms with E-state index in [0.29, 0.717) is 6.79 Å². The van der Waals surface area contributed by atoms with Crippen molar-refractivity contribution in [1.29, 1.82) is 0 Å². The molecule has 0 radical (unpaired) electrons. The fourth-order valence-electron chi connectivity index (χ4n) is 3.61. The molecule has 0 N–H and O–H groups in total. The molecule has 4 nitrogen and oxygen atoms in total. The van der Waals surface area contributed by atoms with E-state index in [4.69, 9.17) is 14.5 Å². The first kappa shape index (κ1) is 12.9. The zero-order chi connectivity index (χ0) is 15.2. The largest absolute Gasteiger partial charge is 0.454 e. The third kappa shape index (κ3) is 1.98. The van der Waals surface area contributed by atoms with Gasteiger partial charge in [-0.3, -0.25) is 9.97 Å². The van der Waals surface area contributed by atoms with Crippen molar-refractivity contribution in [2.24, 2.45) is 0 Å². The number of aromatic nitrogens is 2. The van der Waals surface area contributed by atoms with Crippen molar-refractivity contribution in [2.75, 3.05) is 6.79 Å². The maximum Gasteiger partial charge on any atom is 0.231 e. The van der Waals surface area contributed by atoms with Gasteiger partial charge in [0.1, 0.15) is 0 Å². The molecule has 0 saturated carbocycles. The molecule has 1 aromatic carbocycles. The van der Waals surface area contributed by atoms with Crippen LogP contribution >= 0.6 is 0 Å². The Labute approximate surface area is 134 Å². The molecule has 0 saturated heterocycles. The van der Waals surface area contributed by atoms with Gasteiger partial charge in [0.2, 0.25) is 6.79 Å². The average Bonchev–Trinajstić information content (AvgIpc) is 3.07. The highest BCUT2D eigenvalue weighted by molar-refractivity contribution is 5.94. The van der Waals surface area contributed by atoms with E-state index in [-0.39, 0.29) is 0 Å². The van der Waals surface area contributed by atoms with Crippen LogP contribution in [-0.2, 0) is 12.8 Å². The Morgan fingerprint density at radius 2 is 1.87 bits per heavy atom. The lowest BCUT2D eigenvalue weighted by molar-refractivity contribution is 0.174. The van der Waals surface area contributed by atoms with Crippen LogP contribution in [0.5, 0.6) is 11.5 Å². The van der Waals surface area contributed by atoms with Crippen molar-refractivity contribution in [3.63, 3.8) is 0 Å². The first-order valence-corrected chi connectivity index (χ1v) is 8.07. The summed E-state index contributed by atoms with van der Waals surface area (Å²) in [5, 5.41) is 0. The number of nitrogens with zero attached hydrogens (tertiary/aromatic N) is 2. The summed E-state index contributed by atoms with van der Waals surface area (Å²) in [4.78, 5) is 9.48. The number of rotatable bonds is 1. The Kier molecular flexibility index (Phi) is 2.77. The van der Waals surface area contributed by atoms with Gasteiger partial charge < -0.3 is 9.47 Å². The Morgan fingerprint density at radius 3 is 2.87 bits per heavy atom. The first-order chi connectivity index (χ1) is 11.4. The van der Waals surface area contributed by atoms with Crippen molar-refractivity contribution in [2.45, 2.75) is 25.7 Å². The van der Waals surface area contributed by atoms with Gasteiger partial charge in [-0.15, -0.1) is 0 Å². The van der Waals surface area contributed by atoms with E-state index >= 15 is 0 Å². The molecule has 4 heteroatoms. The van der Waals surface area contributed by atoms with Crippen LogP contribution < -0.4 is 9.47 Å². The number of fused-ring (bicyclic) bond motifs is 3. The van der Waals surface area contributed by atoms with E-state index in [1.807, 2.05) is 24.4 Å². The van der Waals surface area contributed by atoms with Gasteiger partial charge in [-0.25, -0.2) is 0 Å². The Morgan fingerprint density at radius 1 is 0.957 bits per heavy atom. The average molecular weight is 304 g/mol. The minimum Gasteiger partial charge on any atom is -0.454 e. The molecular weight excluding hydrogens is 288 g/mol. The highest BCUT2D eigenvalue weighted by atomic mass is 16.7. The smallest absolute Gasteiger partial charge is 0.231 e. The predicted octanol–water partition coefficient (Wildman–Crippen LogP) is 3.90. The van der Waals surface area contributed by atoms with Gasteiger partial charge in [0.15, 0.2) is 11.5 Å². The third-order valence-corrected chi connectivity index (χ3v) is 4.68. The van der Waals surface area contributed by atoms with Crippen LogP contribution in [0.1, 0.15) is 24.1 Å². The summed E-state index contributed by atoms with van der Waals surface area (Å²) in [5.74, 6) is 1.63. The summed E-state index contributed by atoms with van der Waals surface area (Å²) in [6, 6.07) is 10.2. The Balaban J connectivity index is 1.82. The topological polar surface area (TPSA) is 44.2 Å². The van der Waals surface area contributed by atoms with Crippen LogP contribution in [0.3, 0.4) is 0 Å². The monoisotopic (exact) mass is 304 g/mol. The lowest BCUT2D eigenvalue weighted by Gasteiger charge is -2.20. The lowest BCUT2D eigenvalue weighted by Crippen LogP contribution is -2.08. The molecular formula is C19H16N2O2. The van der Waals surface area contributed by atoms with Gasteiger partial charge in [-0.2, -0.15) is 0 Å². The minimum atomic E-state index is 0.298. The van der Waals surface area contributed by atoms with Gasteiger partial charge in [0.25, 0.3) is 0 Å². The van der Waals surface area contributed by atoms with Crippen molar-refractivity contribution >= 4 is 11.0 Å². The van der Waals surface area contributed by atoms with Crippen molar-refractivity contribution in [1.82, 2.24) is 9.97 Å². The Hall–Kier alpha value is -2.62. The summed E-state index contributed by atoms with van der Waals surface area (Å²) in [6.07, 6.45) is 6.39. The van der Waals surface area contributed by atoms with Crippen LogP contribution in [0.2, 0.25) is 0 Å². The van der Waals surface area contributed by atoms with Gasteiger partial charge in [0, 0.05) is 17.5 Å². The standard InChI is InChI=1S/C19H16N2O2/c1-2-5-14-13(4-1)18(19-15(21-14)6-3-9-20-19)12-7-8-16-17(10-12)23-11-22-16/h3,6-10H,1-2,4-5,11H2. The molecule has 114 valence electrons.